The third-order valence-corrected chi connectivity index (χ3v) is 2.70. The van der Waals surface area contributed by atoms with Crippen LogP contribution >= 0.6 is 15.9 Å². The molecule has 0 saturated carbocycles. The summed E-state index contributed by atoms with van der Waals surface area (Å²) in [5.41, 5.74) is 0.810. The molecular weight excluding hydrogens is 272 g/mol. The van der Waals surface area contributed by atoms with Gasteiger partial charge in [0.1, 0.15) is 6.73 Å². The summed E-state index contributed by atoms with van der Waals surface area (Å²) in [7, 11) is 3.30. The van der Waals surface area contributed by atoms with Crippen LogP contribution in [-0.2, 0) is 9.53 Å². The molecule has 0 fully saturated rings. The third-order valence-electron chi connectivity index (χ3n) is 2.03. The molecule has 0 aromatic heterocycles. The summed E-state index contributed by atoms with van der Waals surface area (Å²) in [6, 6.07) is 7.55. The maximum absolute atomic E-state index is 11.8. The Kier molecular flexibility index (Phi) is 5.45. The van der Waals surface area contributed by atoms with E-state index in [0.717, 1.165) is 10.2 Å². The van der Waals surface area contributed by atoms with E-state index in [4.69, 9.17) is 4.74 Å². The fourth-order valence-corrected chi connectivity index (χ4v) is 1.82. The molecule has 0 heterocycles. The molecule has 0 aliphatic rings. The summed E-state index contributed by atoms with van der Waals surface area (Å²) in [5.74, 6) is -0.0312. The van der Waals surface area contributed by atoms with Crippen LogP contribution in [0.3, 0.4) is 0 Å². The lowest BCUT2D eigenvalue weighted by molar-refractivity contribution is -0.118. The normalized spacial score (nSPS) is 10.2. The highest BCUT2D eigenvalue weighted by Gasteiger charge is 2.16. The predicted octanol–water partition coefficient (Wildman–Crippen LogP) is 1.61. The van der Waals surface area contributed by atoms with Gasteiger partial charge in [0, 0.05) is 11.6 Å². The van der Waals surface area contributed by atoms with Gasteiger partial charge in [-0.1, -0.05) is 12.1 Å². The van der Waals surface area contributed by atoms with Crippen LogP contribution in [0.1, 0.15) is 0 Å². The van der Waals surface area contributed by atoms with Gasteiger partial charge >= 0.3 is 0 Å². The average molecular weight is 287 g/mol. The van der Waals surface area contributed by atoms with Gasteiger partial charge in [-0.3, -0.25) is 9.69 Å². The second-order valence-electron chi connectivity index (χ2n) is 3.22. The minimum absolute atomic E-state index is 0.0312. The molecule has 1 aromatic rings. The summed E-state index contributed by atoms with van der Waals surface area (Å²) in [6.07, 6.45) is 0. The molecule has 88 valence electrons. The van der Waals surface area contributed by atoms with E-state index in [9.17, 15) is 4.79 Å². The largest absolute Gasteiger partial charge is 0.364 e. The number of halogens is 1. The molecule has 0 aliphatic carbocycles. The molecule has 1 amide bonds. The zero-order chi connectivity index (χ0) is 12.0. The van der Waals surface area contributed by atoms with Crippen LogP contribution in [0.15, 0.2) is 28.7 Å². The van der Waals surface area contributed by atoms with Crippen molar-refractivity contribution in [2.45, 2.75) is 0 Å². The van der Waals surface area contributed by atoms with Gasteiger partial charge < -0.3 is 10.1 Å². The third kappa shape index (κ3) is 3.30. The quantitative estimate of drug-likeness (QED) is 0.836. The van der Waals surface area contributed by atoms with Crippen molar-refractivity contribution in [3.8, 4) is 0 Å². The molecule has 1 N–H and O–H groups in total. The van der Waals surface area contributed by atoms with Gasteiger partial charge in [0.05, 0.1) is 12.2 Å². The smallest absolute Gasteiger partial charge is 0.242 e. The van der Waals surface area contributed by atoms with Crippen molar-refractivity contribution in [2.75, 3.05) is 32.3 Å². The zero-order valence-corrected chi connectivity index (χ0v) is 11.0. The monoisotopic (exact) mass is 286 g/mol. The van der Waals surface area contributed by atoms with Crippen molar-refractivity contribution < 1.29 is 9.53 Å². The van der Waals surface area contributed by atoms with Crippen molar-refractivity contribution in [1.29, 1.82) is 0 Å². The summed E-state index contributed by atoms with van der Waals surface area (Å²) in [5, 5.41) is 2.83. The van der Waals surface area contributed by atoms with Gasteiger partial charge in [-0.15, -0.1) is 0 Å². The van der Waals surface area contributed by atoms with E-state index < -0.39 is 0 Å². The Morgan fingerprint density at radius 1 is 1.50 bits per heavy atom. The predicted molar refractivity (Wildman–Crippen MR) is 67.4 cm³/mol. The standard InChI is InChI=1S/C11H15BrN2O2/c1-13-7-11(15)14(8-16-2)10-6-4-3-5-9(10)12/h3-6,13H,7-8H2,1-2H3. The second-order valence-corrected chi connectivity index (χ2v) is 4.08. The number of nitrogens with one attached hydrogen (secondary N) is 1. The molecule has 1 aromatic carbocycles. The van der Waals surface area contributed by atoms with Gasteiger partial charge in [0.15, 0.2) is 0 Å². The number of amides is 1. The van der Waals surface area contributed by atoms with E-state index in [1.807, 2.05) is 24.3 Å². The number of benzene rings is 1. The number of carbonyl (C=O) groups excluding carboxylic acids is 1. The Balaban J connectivity index is 2.93. The van der Waals surface area contributed by atoms with Gasteiger partial charge in [0.2, 0.25) is 5.91 Å². The second kappa shape index (κ2) is 6.62. The van der Waals surface area contributed by atoms with Crippen molar-refractivity contribution in [3.05, 3.63) is 28.7 Å². The minimum atomic E-state index is -0.0312. The molecule has 0 radical (unpaired) electrons. The number of ether oxygens (including phenoxy) is 1. The average Bonchev–Trinajstić information content (AvgIpc) is 2.27. The summed E-state index contributed by atoms with van der Waals surface area (Å²) in [4.78, 5) is 13.4. The van der Waals surface area contributed by atoms with Crippen LogP contribution in [0, 0.1) is 0 Å². The van der Waals surface area contributed by atoms with Gasteiger partial charge in [0.25, 0.3) is 0 Å². The van der Waals surface area contributed by atoms with Crippen molar-refractivity contribution in [1.82, 2.24) is 5.32 Å². The molecule has 4 nitrogen and oxygen atoms in total. The Morgan fingerprint density at radius 2 is 2.19 bits per heavy atom. The Morgan fingerprint density at radius 3 is 2.75 bits per heavy atom. The SMILES string of the molecule is CNCC(=O)N(COC)c1ccccc1Br. The number of methoxy groups -OCH3 is 1. The first-order chi connectivity index (χ1) is 7.70. The number of carbonyl (C=O) groups is 1. The Hall–Kier alpha value is -0.910. The number of likely N-dealkylation sites (N-methyl/N-ethyl adjacent to an activating group) is 1. The fourth-order valence-electron chi connectivity index (χ4n) is 1.32. The number of anilines is 1. The number of para-hydroxylation sites is 1. The minimum Gasteiger partial charge on any atom is -0.364 e. The molecule has 0 spiro atoms. The number of hydrogen-bond donors (Lipinski definition) is 1. The van der Waals surface area contributed by atoms with Crippen LogP contribution in [-0.4, -0.2) is 33.3 Å². The van der Waals surface area contributed by atoms with E-state index >= 15 is 0 Å². The van der Waals surface area contributed by atoms with Crippen molar-refractivity contribution in [3.63, 3.8) is 0 Å². The first-order valence-corrected chi connectivity index (χ1v) is 5.68. The van der Waals surface area contributed by atoms with Crippen LogP contribution in [0.2, 0.25) is 0 Å². The molecule has 5 heteroatoms. The summed E-state index contributed by atoms with van der Waals surface area (Å²) < 4.78 is 5.91. The van der Waals surface area contributed by atoms with Gasteiger partial charge in [-0.05, 0) is 35.1 Å². The van der Waals surface area contributed by atoms with E-state index in [2.05, 4.69) is 21.2 Å². The van der Waals surface area contributed by atoms with E-state index in [1.165, 1.54) is 0 Å². The molecule has 0 unspecified atom stereocenters. The molecule has 16 heavy (non-hydrogen) atoms. The lowest BCUT2D eigenvalue weighted by Crippen LogP contribution is -2.38. The Labute approximate surface area is 104 Å². The van der Waals surface area contributed by atoms with Crippen LogP contribution in [0.25, 0.3) is 0 Å². The first kappa shape index (κ1) is 13.2. The molecule has 0 atom stereocenters. The highest BCUT2D eigenvalue weighted by molar-refractivity contribution is 9.10. The van der Waals surface area contributed by atoms with Crippen LogP contribution < -0.4 is 10.2 Å². The van der Waals surface area contributed by atoms with Gasteiger partial charge in [-0.2, -0.15) is 0 Å². The first-order valence-electron chi connectivity index (χ1n) is 4.89. The molecule has 1 rings (SSSR count). The highest BCUT2D eigenvalue weighted by Crippen LogP contribution is 2.25. The van der Waals surface area contributed by atoms with Crippen LogP contribution in [0.4, 0.5) is 5.69 Å². The maximum Gasteiger partial charge on any atom is 0.242 e. The van der Waals surface area contributed by atoms with Crippen LogP contribution in [0.5, 0.6) is 0 Å². The topological polar surface area (TPSA) is 41.6 Å². The number of hydrogen-bond acceptors (Lipinski definition) is 3. The summed E-state index contributed by atoms with van der Waals surface area (Å²) >= 11 is 3.42. The molecular formula is C11H15BrN2O2. The number of nitrogens with zero attached hydrogens (tertiary/aromatic N) is 1. The van der Waals surface area contributed by atoms with E-state index in [-0.39, 0.29) is 19.2 Å². The maximum atomic E-state index is 11.8. The van der Waals surface area contributed by atoms with Crippen molar-refractivity contribution >= 4 is 27.5 Å². The highest BCUT2D eigenvalue weighted by atomic mass is 79.9. The molecule has 0 bridgehead atoms. The van der Waals surface area contributed by atoms with E-state index in [1.54, 1.807) is 19.1 Å². The molecule has 0 saturated heterocycles. The lowest BCUT2D eigenvalue weighted by Gasteiger charge is -2.22. The Bertz CT molecular complexity index is 358. The van der Waals surface area contributed by atoms with E-state index in [0.29, 0.717) is 0 Å². The molecule has 0 aliphatic heterocycles. The number of rotatable bonds is 5. The van der Waals surface area contributed by atoms with Gasteiger partial charge in [-0.25, -0.2) is 0 Å². The summed E-state index contributed by atoms with van der Waals surface area (Å²) in [6.45, 7) is 0.522. The zero-order valence-electron chi connectivity index (χ0n) is 9.37. The lowest BCUT2D eigenvalue weighted by atomic mass is 10.3. The fraction of sp³-hybridized carbons (Fsp3) is 0.364. The van der Waals surface area contributed by atoms with Crippen molar-refractivity contribution in [2.24, 2.45) is 0 Å².